The fourth-order valence-corrected chi connectivity index (χ4v) is 1.49. The number of hydrogen-bond donors (Lipinski definition) is 2. The molecule has 0 amide bonds. The maximum atomic E-state index is 5.82. The molecule has 0 saturated heterocycles. The Bertz CT molecular complexity index is 611. The van der Waals surface area contributed by atoms with E-state index in [0.29, 0.717) is 22.9 Å². The monoisotopic (exact) mass is 212 g/mol. The molecule has 0 aromatic carbocycles. The van der Waals surface area contributed by atoms with Crippen molar-refractivity contribution >= 4 is 16.9 Å². The van der Waals surface area contributed by atoms with E-state index in [2.05, 4.69) is 24.9 Å². The lowest BCUT2D eigenvalue weighted by atomic mass is 10.3. The fourth-order valence-electron chi connectivity index (χ4n) is 1.49. The number of anilines is 1. The molecule has 16 heavy (non-hydrogen) atoms. The van der Waals surface area contributed by atoms with Gasteiger partial charge < -0.3 is 10.7 Å². The molecule has 0 aliphatic carbocycles. The number of aromatic nitrogens is 5. The normalized spacial score (nSPS) is 10.8. The molecule has 3 heterocycles. The molecular weight excluding hydrogens is 204 g/mol. The summed E-state index contributed by atoms with van der Waals surface area (Å²) < 4.78 is 0. The quantitative estimate of drug-likeness (QED) is 0.627. The average molecular weight is 212 g/mol. The topological polar surface area (TPSA) is 93.4 Å². The van der Waals surface area contributed by atoms with Gasteiger partial charge in [-0.1, -0.05) is 0 Å². The number of hydrogen-bond acceptors (Lipinski definition) is 5. The minimum absolute atomic E-state index is 0.578. The first-order chi connectivity index (χ1) is 7.84. The van der Waals surface area contributed by atoms with Gasteiger partial charge in [0, 0.05) is 6.20 Å². The number of nitrogen functional groups attached to an aromatic ring is 1. The van der Waals surface area contributed by atoms with Gasteiger partial charge >= 0.3 is 0 Å². The van der Waals surface area contributed by atoms with Crippen LogP contribution in [0.1, 0.15) is 0 Å². The predicted molar refractivity (Wildman–Crippen MR) is 59.3 cm³/mol. The Hall–Kier alpha value is -2.50. The van der Waals surface area contributed by atoms with Crippen molar-refractivity contribution in [3.63, 3.8) is 0 Å². The van der Waals surface area contributed by atoms with Crippen LogP contribution < -0.4 is 5.73 Å². The van der Waals surface area contributed by atoms with Crippen LogP contribution in [0.4, 0.5) is 5.69 Å². The Morgan fingerprint density at radius 2 is 2.19 bits per heavy atom. The summed E-state index contributed by atoms with van der Waals surface area (Å²) in [5.41, 5.74) is 8.39. The Morgan fingerprint density at radius 3 is 3.00 bits per heavy atom. The molecule has 78 valence electrons. The molecule has 6 heteroatoms. The van der Waals surface area contributed by atoms with E-state index in [4.69, 9.17) is 5.73 Å². The number of H-pyrrole nitrogens is 1. The second-order valence-electron chi connectivity index (χ2n) is 3.29. The summed E-state index contributed by atoms with van der Waals surface area (Å²) in [5, 5.41) is 0. The van der Waals surface area contributed by atoms with E-state index in [1.165, 1.54) is 6.33 Å². The van der Waals surface area contributed by atoms with E-state index in [9.17, 15) is 0 Å². The lowest BCUT2D eigenvalue weighted by Crippen LogP contribution is -1.93. The van der Waals surface area contributed by atoms with Crippen LogP contribution in [0, 0.1) is 0 Å². The van der Waals surface area contributed by atoms with Crippen LogP contribution in [0.3, 0.4) is 0 Å². The van der Waals surface area contributed by atoms with Gasteiger partial charge in [0.15, 0.2) is 11.5 Å². The Labute approximate surface area is 90.6 Å². The van der Waals surface area contributed by atoms with Gasteiger partial charge in [0.1, 0.15) is 17.5 Å². The summed E-state index contributed by atoms with van der Waals surface area (Å²) in [6.07, 6.45) is 4.79. The number of aromatic amines is 1. The van der Waals surface area contributed by atoms with Gasteiger partial charge in [-0.2, -0.15) is 0 Å². The molecule has 0 aliphatic heterocycles. The predicted octanol–water partition coefficient (Wildman–Crippen LogP) is 0.997. The number of imidazole rings is 1. The van der Waals surface area contributed by atoms with Crippen molar-refractivity contribution < 1.29 is 0 Å². The molecule has 3 rings (SSSR count). The largest absolute Gasteiger partial charge is 0.397 e. The van der Waals surface area contributed by atoms with Crippen molar-refractivity contribution in [1.29, 1.82) is 0 Å². The molecule has 0 aliphatic rings. The Kier molecular flexibility index (Phi) is 1.79. The van der Waals surface area contributed by atoms with Crippen molar-refractivity contribution in [3.8, 4) is 11.5 Å². The third-order valence-electron chi connectivity index (χ3n) is 2.23. The Morgan fingerprint density at radius 1 is 1.25 bits per heavy atom. The number of nitrogens with two attached hydrogens (primary N) is 1. The maximum absolute atomic E-state index is 5.82. The van der Waals surface area contributed by atoms with Gasteiger partial charge in [-0.15, -0.1) is 0 Å². The summed E-state index contributed by atoms with van der Waals surface area (Å²) >= 11 is 0. The number of nitrogens with zero attached hydrogens (tertiary/aromatic N) is 4. The molecule has 3 aromatic heterocycles. The molecule has 3 aromatic rings. The highest BCUT2D eigenvalue weighted by atomic mass is 15.0. The SMILES string of the molecule is Nc1cccnc1-c1nc2ncncc2[nH]1. The third-order valence-corrected chi connectivity index (χ3v) is 2.23. The summed E-state index contributed by atoms with van der Waals surface area (Å²) in [7, 11) is 0. The highest BCUT2D eigenvalue weighted by Crippen LogP contribution is 2.21. The van der Waals surface area contributed by atoms with Crippen LogP contribution >= 0.6 is 0 Å². The molecule has 3 N–H and O–H groups in total. The van der Waals surface area contributed by atoms with Crippen molar-refractivity contribution in [1.82, 2.24) is 24.9 Å². The zero-order valence-corrected chi connectivity index (χ0v) is 8.25. The standard InChI is InChI=1S/C10H8N6/c11-6-2-1-3-13-8(6)10-15-7-4-12-5-14-9(7)16-10/h1-5H,11H2,(H,12,14,15,16). The lowest BCUT2D eigenvalue weighted by molar-refractivity contribution is 1.20. The van der Waals surface area contributed by atoms with E-state index in [1.807, 2.05) is 0 Å². The maximum Gasteiger partial charge on any atom is 0.181 e. The number of pyridine rings is 1. The Balaban J connectivity index is 2.23. The van der Waals surface area contributed by atoms with E-state index >= 15 is 0 Å². The van der Waals surface area contributed by atoms with Crippen LogP contribution in [0.2, 0.25) is 0 Å². The lowest BCUT2D eigenvalue weighted by Gasteiger charge is -1.98. The molecule has 0 fully saturated rings. The highest BCUT2D eigenvalue weighted by Gasteiger charge is 2.09. The first kappa shape index (κ1) is 8.78. The second kappa shape index (κ2) is 3.27. The van der Waals surface area contributed by atoms with E-state index in [0.717, 1.165) is 5.52 Å². The van der Waals surface area contributed by atoms with Crippen LogP contribution in [0.25, 0.3) is 22.7 Å². The van der Waals surface area contributed by atoms with Gasteiger partial charge in [0.2, 0.25) is 0 Å². The molecule has 6 nitrogen and oxygen atoms in total. The molecule has 0 unspecified atom stereocenters. The summed E-state index contributed by atoms with van der Waals surface area (Å²) in [5.74, 6) is 0.605. The van der Waals surface area contributed by atoms with E-state index in [1.54, 1.807) is 24.5 Å². The number of rotatable bonds is 1. The van der Waals surface area contributed by atoms with Crippen LogP contribution in [-0.4, -0.2) is 24.9 Å². The van der Waals surface area contributed by atoms with Gasteiger partial charge in [-0.3, -0.25) is 4.98 Å². The summed E-state index contributed by atoms with van der Waals surface area (Å²) in [6.45, 7) is 0. The van der Waals surface area contributed by atoms with Gasteiger partial charge in [0.25, 0.3) is 0 Å². The molecule has 0 spiro atoms. The smallest absolute Gasteiger partial charge is 0.181 e. The van der Waals surface area contributed by atoms with Crippen molar-refractivity contribution in [2.24, 2.45) is 0 Å². The molecule has 0 bridgehead atoms. The third kappa shape index (κ3) is 1.28. The van der Waals surface area contributed by atoms with Crippen LogP contribution in [-0.2, 0) is 0 Å². The number of nitrogens with one attached hydrogen (secondary N) is 1. The van der Waals surface area contributed by atoms with Crippen molar-refractivity contribution in [3.05, 3.63) is 30.9 Å². The van der Waals surface area contributed by atoms with Crippen molar-refractivity contribution in [2.75, 3.05) is 5.73 Å². The first-order valence-corrected chi connectivity index (χ1v) is 4.71. The van der Waals surface area contributed by atoms with Crippen LogP contribution in [0.5, 0.6) is 0 Å². The second-order valence-corrected chi connectivity index (χ2v) is 3.29. The minimum atomic E-state index is 0.578. The van der Waals surface area contributed by atoms with Crippen LogP contribution in [0.15, 0.2) is 30.9 Å². The zero-order chi connectivity index (χ0) is 11.0. The van der Waals surface area contributed by atoms with Gasteiger partial charge in [0.05, 0.1) is 11.9 Å². The molecule has 0 saturated carbocycles. The number of fused-ring (bicyclic) bond motifs is 1. The summed E-state index contributed by atoms with van der Waals surface area (Å²) in [6, 6.07) is 3.56. The first-order valence-electron chi connectivity index (χ1n) is 4.71. The average Bonchev–Trinajstić information content (AvgIpc) is 2.73. The van der Waals surface area contributed by atoms with Crippen molar-refractivity contribution in [2.45, 2.75) is 0 Å². The minimum Gasteiger partial charge on any atom is -0.397 e. The fraction of sp³-hybridized carbons (Fsp3) is 0. The van der Waals surface area contributed by atoms with Gasteiger partial charge in [-0.25, -0.2) is 15.0 Å². The highest BCUT2D eigenvalue weighted by molar-refractivity contribution is 5.77. The zero-order valence-electron chi connectivity index (χ0n) is 8.25. The van der Waals surface area contributed by atoms with E-state index in [-0.39, 0.29) is 0 Å². The van der Waals surface area contributed by atoms with E-state index < -0.39 is 0 Å². The molecular formula is C10H8N6. The summed E-state index contributed by atoms with van der Waals surface area (Å²) in [4.78, 5) is 19.5. The van der Waals surface area contributed by atoms with Gasteiger partial charge in [-0.05, 0) is 12.1 Å². The molecule has 0 atom stereocenters. The molecule has 0 radical (unpaired) electrons.